The number of halogens is 1. The Bertz CT molecular complexity index is 849. The van der Waals surface area contributed by atoms with E-state index in [0.717, 1.165) is 16.8 Å². The summed E-state index contributed by atoms with van der Waals surface area (Å²) in [6.07, 6.45) is 0. The first-order chi connectivity index (χ1) is 11.2. The van der Waals surface area contributed by atoms with Gasteiger partial charge >= 0.3 is 5.82 Å². The molecule has 0 spiro atoms. The molecule has 0 atom stereocenters. The van der Waals surface area contributed by atoms with Gasteiger partial charge in [0, 0.05) is 6.07 Å². The van der Waals surface area contributed by atoms with E-state index in [1.807, 2.05) is 0 Å². The summed E-state index contributed by atoms with van der Waals surface area (Å²) in [7, 11) is 0. The second-order valence-electron chi connectivity index (χ2n) is 4.64. The zero-order valence-electron chi connectivity index (χ0n) is 12.1. The normalized spacial score (nSPS) is 10.4. The number of nitrogens with one attached hydrogen (secondary N) is 1. The van der Waals surface area contributed by atoms with Crippen LogP contribution in [0.2, 0.25) is 0 Å². The molecular weight excluding hydrogens is 390 g/mol. The highest BCUT2D eigenvalue weighted by atomic mass is 79.9. The second kappa shape index (κ2) is 6.62. The molecule has 2 aromatic rings. The summed E-state index contributed by atoms with van der Waals surface area (Å²) in [5.74, 6) is -1.51. The number of nitro benzene ring substituents is 1. The van der Waals surface area contributed by atoms with Crippen molar-refractivity contribution in [2.75, 3.05) is 5.32 Å². The van der Waals surface area contributed by atoms with Crippen molar-refractivity contribution in [3.63, 3.8) is 0 Å². The molecule has 0 aliphatic rings. The van der Waals surface area contributed by atoms with Crippen LogP contribution in [0.15, 0.2) is 22.7 Å². The molecule has 2 rings (SSSR count). The zero-order valence-corrected chi connectivity index (χ0v) is 13.7. The number of amides is 1. The molecule has 2 N–H and O–H groups in total. The van der Waals surface area contributed by atoms with E-state index in [2.05, 4.69) is 26.3 Å². The topological polar surface area (TPSA) is 153 Å². The summed E-state index contributed by atoms with van der Waals surface area (Å²) < 4.78 is 1.29. The number of nitrogens with zero attached hydrogens (tertiary/aromatic N) is 4. The SMILES string of the molecule is Cc1c(Br)c([N+](=O)[O-])nn1CC(=O)Nc1ccc([N+](=O)[O-])cc1O. The van der Waals surface area contributed by atoms with Gasteiger partial charge in [-0.05, 0) is 33.8 Å². The van der Waals surface area contributed by atoms with E-state index in [9.17, 15) is 30.1 Å². The van der Waals surface area contributed by atoms with E-state index in [-0.39, 0.29) is 22.4 Å². The lowest BCUT2D eigenvalue weighted by molar-refractivity contribution is -0.390. The van der Waals surface area contributed by atoms with Crippen LogP contribution in [-0.4, -0.2) is 30.6 Å². The number of anilines is 1. The van der Waals surface area contributed by atoms with E-state index < -0.39 is 27.3 Å². The summed E-state index contributed by atoms with van der Waals surface area (Å²) in [6, 6.07) is 3.20. The van der Waals surface area contributed by atoms with Crippen molar-refractivity contribution in [3.05, 3.63) is 48.6 Å². The summed E-state index contributed by atoms with van der Waals surface area (Å²) >= 11 is 3.03. The van der Waals surface area contributed by atoms with Gasteiger partial charge in [-0.1, -0.05) is 0 Å². The van der Waals surface area contributed by atoms with Gasteiger partial charge in [0.15, 0.2) is 0 Å². The average molecular weight is 400 g/mol. The fourth-order valence-corrected chi connectivity index (χ4v) is 2.27. The number of aromatic nitrogens is 2. The minimum atomic E-state index is -0.687. The van der Waals surface area contributed by atoms with Gasteiger partial charge in [0.2, 0.25) is 5.91 Å². The van der Waals surface area contributed by atoms with Gasteiger partial charge in [0.1, 0.15) is 16.8 Å². The molecular formula is C12H10BrN5O6. The fourth-order valence-electron chi connectivity index (χ4n) is 1.84. The number of carbonyl (C=O) groups is 1. The fraction of sp³-hybridized carbons (Fsp3) is 0.167. The molecule has 0 saturated heterocycles. The number of phenolic OH excluding ortho intramolecular Hbond substituents is 1. The average Bonchev–Trinajstić information content (AvgIpc) is 2.77. The number of hydrogen-bond donors (Lipinski definition) is 2. The Morgan fingerprint density at radius 2 is 2.04 bits per heavy atom. The lowest BCUT2D eigenvalue weighted by Gasteiger charge is -2.06. The highest BCUT2D eigenvalue weighted by molar-refractivity contribution is 9.10. The molecule has 0 saturated carbocycles. The molecule has 24 heavy (non-hydrogen) atoms. The maximum atomic E-state index is 12.0. The smallest absolute Gasteiger partial charge is 0.404 e. The molecule has 1 aromatic heterocycles. The maximum Gasteiger partial charge on any atom is 0.404 e. The molecule has 1 amide bonds. The minimum absolute atomic E-state index is 0.0241. The van der Waals surface area contributed by atoms with Crippen LogP contribution in [-0.2, 0) is 11.3 Å². The third-order valence-corrected chi connectivity index (χ3v) is 3.98. The van der Waals surface area contributed by atoms with Crippen molar-refractivity contribution >= 4 is 39.0 Å². The van der Waals surface area contributed by atoms with Crippen molar-refractivity contribution in [1.82, 2.24) is 9.78 Å². The molecule has 0 unspecified atom stereocenters. The molecule has 0 fully saturated rings. The van der Waals surface area contributed by atoms with E-state index >= 15 is 0 Å². The molecule has 0 radical (unpaired) electrons. The lowest BCUT2D eigenvalue weighted by atomic mass is 10.2. The van der Waals surface area contributed by atoms with Crippen LogP contribution >= 0.6 is 15.9 Å². The van der Waals surface area contributed by atoms with Crippen molar-refractivity contribution < 1.29 is 19.7 Å². The molecule has 11 nitrogen and oxygen atoms in total. The molecule has 0 aliphatic heterocycles. The molecule has 1 heterocycles. The van der Waals surface area contributed by atoms with Crippen molar-refractivity contribution in [2.45, 2.75) is 13.5 Å². The first-order valence-corrected chi connectivity index (χ1v) is 7.14. The van der Waals surface area contributed by atoms with Crippen molar-refractivity contribution in [1.29, 1.82) is 0 Å². The number of aromatic hydroxyl groups is 1. The summed E-state index contributed by atoms with van der Waals surface area (Å²) in [5, 5.41) is 37.2. The quantitative estimate of drug-likeness (QED) is 0.443. The Morgan fingerprint density at radius 3 is 2.54 bits per heavy atom. The number of rotatable bonds is 5. The maximum absolute atomic E-state index is 12.0. The van der Waals surface area contributed by atoms with Crippen molar-refractivity contribution in [2.24, 2.45) is 0 Å². The van der Waals surface area contributed by atoms with Crippen LogP contribution in [0.1, 0.15) is 5.69 Å². The molecule has 1 aromatic carbocycles. The predicted octanol–water partition coefficient (Wildman–Crippen LogP) is 2.11. The third-order valence-electron chi connectivity index (χ3n) is 3.05. The summed E-state index contributed by atoms with van der Waals surface area (Å²) in [6.45, 7) is 1.20. The molecule has 0 aliphatic carbocycles. The monoisotopic (exact) mass is 399 g/mol. The standard InChI is InChI=1S/C12H10BrN5O6/c1-6-11(13)12(18(23)24)15-16(6)5-10(20)14-8-3-2-7(17(21)22)4-9(8)19/h2-4,19H,5H2,1H3,(H,14,20). The first-order valence-electron chi connectivity index (χ1n) is 6.35. The van der Waals surface area contributed by atoms with Crippen LogP contribution in [0.5, 0.6) is 5.75 Å². The largest absolute Gasteiger partial charge is 0.506 e. The predicted molar refractivity (Wildman–Crippen MR) is 84.7 cm³/mol. The van der Waals surface area contributed by atoms with Gasteiger partial charge in [-0.3, -0.25) is 14.9 Å². The molecule has 126 valence electrons. The Hall–Kier alpha value is -3.02. The van der Waals surface area contributed by atoms with E-state index in [4.69, 9.17) is 0 Å². The Kier molecular flexibility index (Phi) is 4.78. The molecule has 12 heteroatoms. The van der Waals surface area contributed by atoms with E-state index in [0.29, 0.717) is 5.69 Å². The van der Waals surface area contributed by atoms with Gasteiger partial charge in [0.05, 0.1) is 27.5 Å². The highest BCUT2D eigenvalue weighted by Gasteiger charge is 2.24. The number of hydrogen-bond acceptors (Lipinski definition) is 7. The summed E-state index contributed by atoms with van der Waals surface area (Å²) in [4.78, 5) is 32.0. The van der Waals surface area contributed by atoms with E-state index in [1.165, 1.54) is 6.07 Å². The summed E-state index contributed by atoms with van der Waals surface area (Å²) in [5.41, 5.74) is 0.0294. The minimum Gasteiger partial charge on any atom is -0.506 e. The zero-order chi connectivity index (χ0) is 18.0. The number of phenols is 1. The van der Waals surface area contributed by atoms with E-state index in [1.54, 1.807) is 6.92 Å². The lowest BCUT2D eigenvalue weighted by Crippen LogP contribution is -2.20. The number of non-ortho nitro benzene ring substituents is 1. The van der Waals surface area contributed by atoms with Gasteiger partial charge in [-0.15, -0.1) is 0 Å². The molecule has 0 bridgehead atoms. The Morgan fingerprint density at radius 1 is 1.38 bits per heavy atom. The number of nitro groups is 2. The van der Waals surface area contributed by atoms with Crippen LogP contribution in [0.3, 0.4) is 0 Å². The van der Waals surface area contributed by atoms with Gasteiger partial charge < -0.3 is 20.5 Å². The Balaban J connectivity index is 2.16. The Labute approximate surface area is 142 Å². The first kappa shape index (κ1) is 17.3. The second-order valence-corrected chi connectivity index (χ2v) is 5.44. The van der Waals surface area contributed by atoms with Crippen LogP contribution in [0, 0.1) is 27.2 Å². The van der Waals surface area contributed by atoms with Crippen LogP contribution in [0.25, 0.3) is 0 Å². The van der Waals surface area contributed by atoms with Gasteiger partial charge in [0.25, 0.3) is 5.69 Å². The number of carbonyl (C=O) groups excluding carboxylic acids is 1. The van der Waals surface area contributed by atoms with Crippen molar-refractivity contribution in [3.8, 4) is 5.75 Å². The number of benzene rings is 1. The third kappa shape index (κ3) is 3.48. The van der Waals surface area contributed by atoms with Gasteiger partial charge in [-0.2, -0.15) is 4.68 Å². The van der Waals surface area contributed by atoms with Crippen LogP contribution in [0.4, 0.5) is 17.2 Å². The van der Waals surface area contributed by atoms with Gasteiger partial charge in [-0.25, -0.2) is 0 Å². The highest BCUT2D eigenvalue weighted by Crippen LogP contribution is 2.29. The van der Waals surface area contributed by atoms with Crippen LogP contribution < -0.4 is 5.32 Å².